The molecule has 268 valence electrons. The number of ether oxygens (including phenoxy) is 1. The van der Waals surface area contributed by atoms with Crippen molar-refractivity contribution in [1.82, 2.24) is 10.6 Å². The Labute approximate surface area is 282 Å². The smallest absolute Gasteiger partial charge is 0.335 e. The minimum Gasteiger partial charge on any atom is -0.460 e. The van der Waals surface area contributed by atoms with Gasteiger partial charge >= 0.3 is 5.97 Å². The van der Waals surface area contributed by atoms with E-state index in [1.54, 1.807) is 0 Å². The first-order valence-electron chi connectivity index (χ1n) is 19.6. The molecule has 0 aliphatic carbocycles. The molecule has 0 aromatic carbocycles. The van der Waals surface area contributed by atoms with Gasteiger partial charge in [0.2, 0.25) is 11.8 Å². The molecular weight excluding hydrogens is 576 g/mol. The van der Waals surface area contributed by atoms with Crippen LogP contribution in [0, 0.1) is 0 Å². The van der Waals surface area contributed by atoms with Crippen LogP contribution in [0.4, 0.5) is 0 Å². The van der Waals surface area contributed by atoms with Crippen molar-refractivity contribution in [2.75, 3.05) is 6.54 Å². The molecule has 1 rings (SSSR count). The number of hydrogen-bond donors (Lipinski definition) is 3. The highest BCUT2D eigenvalue weighted by Crippen LogP contribution is 2.17. The van der Waals surface area contributed by atoms with Crippen molar-refractivity contribution in [3.63, 3.8) is 0 Å². The van der Waals surface area contributed by atoms with Crippen molar-refractivity contribution in [3.8, 4) is 0 Å². The molecule has 0 bridgehead atoms. The summed E-state index contributed by atoms with van der Waals surface area (Å²) in [5.74, 6) is -1.06. The van der Waals surface area contributed by atoms with Gasteiger partial charge in [-0.3, -0.25) is 9.59 Å². The summed E-state index contributed by atoms with van der Waals surface area (Å²) in [6.45, 7) is 5.13. The number of nitrogens with one attached hydrogen (secondary N) is 2. The number of allylic oxidation sites excluding steroid dienone is 2. The highest BCUT2D eigenvalue weighted by molar-refractivity contribution is 5.88. The average Bonchev–Trinajstić information content (AvgIpc) is 3.04. The van der Waals surface area contributed by atoms with Gasteiger partial charge in [-0.1, -0.05) is 142 Å². The van der Waals surface area contributed by atoms with E-state index >= 15 is 0 Å². The molecule has 0 unspecified atom stereocenters. The molecule has 1 aliphatic heterocycles. The molecule has 7 nitrogen and oxygen atoms in total. The third kappa shape index (κ3) is 24.3. The maximum Gasteiger partial charge on any atom is 0.335 e. The zero-order valence-corrected chi connectivity index (χ0v) is 30.0. The van der Waals surface area contributed by atoms with E-state index < -0.39 is 24.2 Å². The van der Waals surface area contributed by atoms with Gasteiger partial charge in [-0.25, -0.2) is 4.79 Å². The van der Waals surface area contributed by atoms with Crippen LogP contribution in [0.15, 0.2) is 12.2 Å². The average molecular weight is 649 g/mol. The summed E-state index contributed by atoms with van der Waals surface area (Å²) in [6, 6.07) is -0.526. The maximum absolute atomic E-state index is 12.8. The molecule has 0 aromatic heterocycles. The van der Waals surface area contributed by atoms with Crippen LogP contribution in [-0.2, 0) is 19.1 Å². The predicted octanol–water partition coefficient (Wildman–Crippen LogP) is 9.39. The van der Waals surface area contributed by atoms with Crippen LogP contribution in [-0.4, -0.2) is 47.7 Å². The zero-order valence-electron chi connectivity index (χ0n) is 30.0. The molecule has 1 heterocycles. The van der Waals surface area contributed by atoms with Crippen LogP contribution in [0.2, 0.25) is 0 Å². The number of aliphatic hydroxyl groups is 1. The van der Waals surface area contributed by atoms with Crippen LogP contribution >= 0.6 is 0 Å². The molecule has 1 fully saturated rings. The number of hydrogen-bond acceptors (Lipinski definition) is 5. The normalized spacial score (nSPS) is 16.3. The van der Waals surface area contributed by atoms with Crippen molar-refractivity contribution in [2.45, 2.75) is 212 Å². The predicted molar refractivity (Wildman–Crippen MR) is 191 cm³/mol. The van der Waals surface area contributed by atoms with Crippen LogP contribution in [0.5, 0.6) is 0 Å². The van der Waals surface area contributed by atoms with Gasteiger partial charge in [0.15, 0.2) is 6.10 Å². The van der Waals surface area contributed by atoms with E-state index in [1.807, 2.05) is 0 Å². The monoisotopic (exact) mass is 649 g/mol. The molecule has 1 saturated heterocycles. The minimum atomic E-state index is -1.16. The van der Waals surface area contributed by atoms with Crippen molar-refractivity contribution >= 4 is 17.8 Å². The summed E-state index contributed by atoms with van der Waals surface area (Å²) in [5.41, 5.74) is 0. The molecule has 46 heavy (non-hydrogen) atoms. The van der Waals surface area contributed by atoms with Gasteiger partial charge in [0.1, 0.15) is 12.1 Å². The Bertz CT molecular complexity index is 786. The molecule has 3 N–H and O–H groups in total. The van der Waals surface area contributed by atoms with Crippen LogP contribution < -0.4 is 10.6 Å². The van der Waals surface area contributed by atoms with Gasteiger partial charge in [0, 0.05) is 6.54 Å². The summed E-state index contributed by atoms with van der Waals surface area (Å²) in [6.07, 6.45) is 33.0. The number of carbonyl (C=O) groups is 3. The lowest BCUT2D eigenvalue weighted by molar-refractivity contribution is -0.161. The van der Waals surface area contributed by atoms with Gasteiger partial charge in [0.25, 0.3) is 0 Å². The molecule has 0 saturated carbocycles. The molecule has 2 amide bonds. The number of unbranched alkanes of at least 4 members (excludes halogenated alkanes) is 20. The lowest BCUT2D eigenvalue weighted by atomic mass is 10.0. The second kappa shape index (κ2) is 30.4. The summed E-state index contributed by atoms with van der Waals surface area (Å²) in [5, 5.41) is 16.1. The Kier molecular flexibility index (Phi) is 27.9. The molecule has 7 heteroatoms. The van der Waals surface area contributed by atoms with E-state index in [4.69, 9.17) is 4.74 Å². The topological polar surface area (TPSA) is 105 Å². The fraction of sp³-hybridized carbons (Fsp3) is 0.872. The van der Waals surface area contributed by atoms with Crippen molar-refractivity contribution in [3.05, 3.63) is 12.2 Å². The highest BCUT2D eigenvalue weighted by atomic mass is 16.6. The quantitative estimate of drug-likeness (QED) is 0.0395. The Balaban J connectivity index is 2.30. The minimum absolute atomic E-state index is 0.0219. The number of piperidine rings is 1. The summed E-state index contributed by atoms with van der Waals surface area (Å²) in [4.78, 5) is 37.7. The molecule has 0 spiro atoms. The van der Waals surface area contributed by atoms with E-state index in [-0.39, 0.29) is 18.2 Å². The molecule has 3 atom stereocenters. The van der Waals surface area contributed by atoms with E-state index in [0.29, 0.717) is 25.8 Å². The summed E-state index contributed by atoms with van der Waals surface area (Å²) in [7, 11) is 0. The first-order valence-corrected chi connectivity index (χ1v) is 19.6. The van der Waals surface area contributed by atoms with Crippen LogP contribution in [0.1, 0.15) is 194 Å². The van der Waals surface area contributed by atoms with Crippen molar-refractivity contribution in [1.29, 1.82) is 0 Å². The first-order chi connectivity index (χ1) is 22.5. The Morgan fingerprint density at radius 2 is 1.24 bits per heavy atom. The SMILES string of the molecule is CCCCCC/C=C\CCCCCCCC[C@H](O)C(=O)O[C@@H](CCCCCCCCCCCCC)CC(=O)N[C@@H]1CCCNC1=O. The van der Waals surface area contributed by atoms with Gasteiger partial charge in [-0.15, -0.1) is 0 Å². The Hall–Kier alpha value is -1.89. The second-order valence-corrected chi connectivity index (χ2v) is 13.7. The Morgan fingerprint density at radius 1 is 0.761 bits per heavy atom. The number of aliphatic hydroxyl groups excluding tert-OH is 1. The lowest BCUT2D eigenvalue weighted by Crippen LogP contribution is -2.50. The van der Waals surface area contributed by atoms with E-state index in [9.17, 15) is 19.5 Å². The summed E-state index contributed by atoms with van der Waals surface area (Å²) >= 11 is 0. The summed E-state index contributed by atoms with van der Waals surface area (Å²) < 4.78 is 5.70. The second-order valence-electron chi connectivity index (χ2n) is 13.7. The van der Waals surface area contributed by atoms with Gasteiger partial charge in [0.05, 0.1) is 6.42 Å². The fourth-order valence-corrected chi connectivity index (χ4v) is 6.20. The molecule has 1 aliphatic rings. The standard InChI is InChI=1S/C39H72N2O5/c1-3-5-7-9-11-13-15-16-17-19-21-23-25-27-31-36(42)39(45)46-34(33-37(43)41-35-30-28-32-40-38(35)44)29-26-24-22-20-18-14-12-10-8-6-4-2/h13,15,34-36,42H,3-12,14,16-33H2,1-2H3,(H,40,44)(H,41,43)/b15-13-/t34-,35+,36-/m0/s1. The lowest BCUT2D eigenvalue weighted by Gasteiger charge is -2.24. The number of amides is 2. The fourth-order valence-electron chi connectivity index (χ4n) is 6.20. The zero-order chi connectivity index (χ0) is 33.5. The van der Waals surface area contributed by atoms with Crippen molar-refractivity contribution in [2.24, 2.45) is 0 Å². The Morgan fingerprint density at radius 3 is 1.78 bits per heavy atom. The van der Waals surface area contributed by atoms with Gasteiger partial charge in [-0.05, 0) is 57.8 Å². The largest absolute Gasteiger partial charge is 0.460 e. The van der Waals surface area contributed by atoms with Gasteiger partial charge in [-0.2, -0.15) is 0 Å². The van der Waals surface area contributed by atoms with Gasteiger partial charge < -0.3 is 20.5 Å². The molecular formula is C39H72N2O5. The van der Waals surface area contributed by atoms with Crippen LogP contribution in [0.3, 0.4) is 0 Å². The van der Waals surface area contributed by atoms with E-state index in [0.717, 1.165) is 51.4 Å². The number of carbonyl (C=O) groups excluding carboxylic acids is 3. The van der Waals surface area contributed by atoms with E-state index in [2.05, 4.69) is 36.6 Å². The van der Waals surface area contributed by atoms with Crippen molar-refractivity contribution < 1.29 is 24.2 Å². The van der Waals surface area contributed by atoms with E-state index in [1.165, 1.54) is 103 Å². The highest BCUT2D eigenvalue weighted by Gasteiger charge is 2.27. The molecule has 0 radical (unpaired) electrons. The third-order valence-electron chi connectivity index (χ3n) is 9.21. The third-order valence-corrected chi connectivity index (χ3v) is 9.21. The number of esters is 1. The first kappa shape index (κ1) is 42.1. The van der Waals surface area contributed by atoms with Crippen LogP contribution in [0.25, 0.3) is 0 Å². The number of rotatable bonds is 31. The molecule has 0 aromatic rings. The maximum atomic E-state index is 12.8.